The molecule has 0 atom stereocenters. The molecule has 0 amide bonds. The van der Waals surface area contributed by atoms with Crippen molar-refractivity contribution < 1.29 is 372 Å². The van der Waals surface area contributed by atoms with Crippen LogP contribution >= 0.6 is 0 Å². The molecule has 384 valence electrons. The Bertz CT molecular complexity index is 261. The minimum atomic E-state index is -2.04. The molecule has 0 fully saturated rings. The maximum Gasteiger partial charge on any atom is 0.204 e. The smallest absolute Gasteiger partial charge is 0.204 e. The monoisotopic (exact) mass is 1670 g/mol. The first-order chi connectivity index (χ1) is 14.5. The second kappa shape index (κ2) is 197. The molecule has 0 aliphatic rings. The molecule has 38 heteroatoms. The molecular formula is C14H60Ag8Cr3O27. The van der Waals surface area contributed by atoms with Gasteiger partial charge in [-0.05, 0) is 13.8 Å². The van der Waals surface area contributed by atoms with Crippen molar-refractivity contribution >= 4 is 0 Å². The number of aliphatic hydroxyl groups is 18. The fourth-order valence-electron chi connectivity index (χ4n) is 0. The molecular weight excluding hydrogens is 1620 g/mol. The normalized spacial score (nSPS) is 5.65. The van der Waals surface area contributed by atoms with E-state index in [0.29, 0.717) is 0 Å². The van der Waals surface area contributed by atoms with Crippen LogP contribution in [0.2, 0.25) is 0 Å². The van der Waals surface area contributed by atoms with E-state index < -0.39 is 51.0 Å². The topological polar surface area (TPSA) is 648 Å². The molecule has 52 heavy (non-hydrogen) atoms. The van der Waals surface area contributed by atoms with E-state index in [9.17, 15) is 0 Å². The van der Waals surface area contributed by atoms with E-state index in [4.69, 9.17) is 91.9 Å². The van der Waals surface area contributed by atoms with Crippen LogP contribution in [0.1, 0.15) is 13.8 Å². The summed E-state index contributed by atoms with van der Waals surface area (Å²) in [5.74, 6) is 0. The Morgan fingerprint density at radius 2 is 0.346 bits per heavy atom. The van der Waals surface area contributed by atoms with Crippen LogP contribution in [0.15, 0.2) is 0 Å². The molecule has 0 spiro atoms. The molecule has 0 heterocycles. The molecule has 0 unspecified atom stereocenters. The van der Waals surface area contributed by atoms with Gasteiger partial charge < -0.3 is 141 Å². The van der Waals surface area contributed by atoms with E-state index in [1.807, 2.05) is 0 Å². The van der Waals surface area contributed by atoms with Crippen molar-refractivity contribution in [3.63, 3.8) is 0 Å². The summed E-state index contributed by atoms with van der Waals surface area (Å²) in [5.41, 5.74) is 0. The van der Waals surface area contributed by atoms with Gasteiger partial charge in [-0.2, -0.15) is 0 Å². The van der Waals surface area contributed by atoms with Gasteiger partial charge in [0, 0.05) is 231 Å². The fraction of sp³-hybridized carbons (Fsp3) is 1.00. The van der Waals surface area contributed by atoms with Gasteiger partial charge in [-0.15, -0.1) is 0 Å². The van der Waals surface area contributed by atoms with Gasteiger partial charge in [0.2, 0.25) is 12.6 Å². The first-order valence-electron chi connectivity index (χ1n) is 8.30. The van der Waals surface area contributed by atoms with Crippen LogP contribution in [0.5, 0.6) is 0 Å². The third-order valence-electron chi connectivity index (χ3n) is 0.793. The van der Waals surface area contributed by atoms with Gasteiger partial charge in [-0.3, -0.25) is 0 Å². The van der Waals surface area contributed by atoms with Gasteiger partial charge in [0.1, 0.15) is 12.6 Å². The van der Waals surface area contributed by atoms with Crippen molar-refractivity contribution in [3.8, 4) is 0 Å². The van der Waals surface area contributed by atoms with Gasteiger partial charge in [0.05, 0.1) is 39.6 Å². The van der Waals surface area contributed by atoms with E-state index in [2.05, 4.69) is 0 Å². The molecule has 36 N–H and O–H groups in total. The zero-order chi connectivity index (χ0) is 27.7. The maximum atomic E-state index is 7.69. The van der Waals surface area contributed by atoms with Crippen LogP contribution in [0.4, 0.5) is 0 Å². The zero-order valence-corrected chi connectivity index (χ0v) is 41.6. The van der Waals surface area contributed by atoms with Crippen molar-refractivity contribution in [2.24, 2.45) is 0 Å². The molecule has 0 aliphatic carbocycles. The fourth-order valence-corrected chi connectivity index (χ4v) is 0. The first-order valence-corrected chi connectivity index (χ1v) is 8.30. The molecule has 8 radical (unpaired) electrons. The second-order valence-corrected chi connectivity index (χ2v) is 4.31. The molecule has 0 bridgehead atoms. The van der Waals surface area contributed by atoms with Gasteiger partial charge in [-0.25, -0.2) is 0 Å². The Morgan fingerprint density at radius 3 is 0.346 bits per heavy atom. The summed E-state index contributed by atoms with van der Waals surface area (Å²) in [6.07, 6.45) is -9.53. The molecule has 0 saturated heterocycles. The van der Waals surface area contributed by atoms with Crippen molar-refractivity contribution in [2.45, 2.75) is 51.6 Å². The molecule has 0 saturated carbocycles. The summed E-state index contributed by atoms with van der Waals surface area (Å²) >= 11 is 0. The van der Waals surface area contributed by atoms with Crippen LogP contribution in [0, 0.1) is 0 Å². The van der Waals surface area contributed by atoms with Crippen LogP contribution in [-0.2, 0) is 231 Å². The van der Waals surface area contributed by atoms with Gasteiger partial charge in [0.15, 0.2) is 12.6 Å². The molecule has 27 nitrogen and oxygen atoms in total. The molecule has 0 aromatic rings. The number of aliphatic hydroxyl groups excluding tert-OH is 12. The molecule has 0 aromatic carbocycles. The molecule has 0 aliphatic heterocycles. The first kappa shape index (κ1) is 195. The van der Waals surface area contributed by atoms with Crippen LogP contribution in [-0.4, -0.2) is 219 Å². The minimum absolute atomic E-state index is 0. The van der Waals surface area contributed by atoms with Crippen molar-refractivity contribution in [1.29, 1.82) is 0 Å². The van der Waals surface area contributed by atoms with E-state index >= 15 is 0 Å². The number of rotatable bonds is 5. The third kappa shape index (κ3) is 642. The van der Waals surface area contributed by atoms with Crippen LogP contribution in [0.25, 0.3) is 0 Å². The van der Waals surface area contributed by atoms with Gasteiger partial charge >= 0.3 is 0 Å². The summed E-state index contributed by atoms with van der Waals surface area (Å²) in [4.78, 5) is 0. The molecule has 0 aromatic heterocycles. The Kier molecular flexibility index (Phi) is 741. The Labute approximate surface area is 457 Å². The SMILES string of the molecule is CC(O)O.CC(O)O.O.O.O.O.O.O.O.O.O.OC(O)C(O)O.OCC(O)O.OCC(O)O.OCCO.OCCO.[Ag].[Ag].[Ag].[Ag].[Ag].[Ag].[Ag].[Ag].[Cr].[Cr].[Cr]. The summed E-state index contributed by atoms with van der Waals surface area (Å²) in [5, 5.41) is 138. The molecule has 0 rings (SSSR count). The van der Waals surface area contributed by atoms with E-state index in [1.54, 1.807) is 0 Å². The summed E-state index contributed by atoms with van der Waals surface area (Å²) in [7, 11) is 0. The van der Waals surface area contributed by atoms with Crippen molar-refractivity contribution in [2.75, 3.05) is 39.6 Å². The Balaban J connectivity index is -0.00000000529. The Hall–Kier alpha value is 6.44. The third-order valence-corrected chi connectivity index (χ3v) is 0.793. The van der Waals surface area contributed by atoms with Crippen molar-refractivity contribution in [3.05, 3.63) is 0 Å². The average Bonchev–Trinajstić information content (AvgIpc) is 2.68. The quantitative estimate of drug-likeness (QED) is 0.0898. The Morgan fingerprint density at radius 1 is 0.288 bits per heavy atom. The minimum Gasteiger partial charge on any atom is -0.412 e. The van der Waals surface area contributed by atoms with Gasteiger partial charge in [0.25, 0.3) is 0 Å². The summed E-state index contributed by atoms with van der Waals surface area (Å²) in [6, 6.07) is 0. The maximum absolute atomic E-state index is 7.69. The largest absolute Gasteiger partial charge is 0.412 e. The van der Waals surface area contributed by atoms with Crippen LogP contribution in [0.3, 0.4) is 0 Å². The summed E-state index contributed by atoms with van der Waals surface area (Å²) < 4.78 is 0. The number of hydrogen-bond donors (Lipinski definition) is 18. The zero-order valence-electron chi connectivity index (χ0n) is 25.9. The van der Waals surface area contributed by atoms with E-state index in [-0.39, 0.29) is 307 Å². The van der Waals surface area contributed by atoms with Crippen molar-refractivity contribution in [1.82, 2.24) is 0 Å². The van der Waals surface area contributed by atoms with E-state index in [1.165, 1.54) is 13.8 Å². The summed E-state index contributed by atoms with van der Waals surface area (Å²) in [6.45, 7) is 0.889. The van der Waals surface area contributed by atoms with Crippen LogP contribution < -0.4 is 0 Å². The standard InChI is InChI=1S/C2H6O4.2C2H6O3.4C2H6O2.8Ag.3Cr.9H2O/c3-1(4)2(5)6;2*3-1-2(4)5;2*1-2(3)4;2*3-1-2-4;;;;;;;;;;;;;;;;;;;;/h1-6H;2*2-5H,1H2;2*2-4H,1H3;2*3-4H,1-2H2;;;;;;;;;;;;9*1H2. The van der Waals surface area contributed by atoms with E-state index in [0.717, 1.165) is 0 Å². The second-order valence-electron chi connectivity index (χ2n) is 4.31. The number of hydrogen-bond acceptors (Lipinski definition) is 18. The predicted octanol–water partition coefficient (Wildman–Crippen LogP) is -16.7. The van der Waals surface area contributed by atoms with Gasteiger partial charge in [-0.1, -0.05) is 0 Å². The average molecular weight is 1680 g/mol. The predicted molar refractivity (Wildman–Crippen MR) is 136 cm³/mol.